The van der Waals surface area contributed by atoms with Gasteiger partial charge in [-0.1, -0.05) is 36.7 Å². The minimum atomic E-state index is -4.00. The lowest BCUT2D eigenvalue weighted by molar-refractivity contribution is -0.0547. The molecule has 1 spiro atoms. The lowest BCUT2D eigenvalue weighted by atomic mass is 9.63. The minimum absolute atomic E-state index is 0.0968. The lowest BCUT2D eigenvalue weighted by Crippen LogP contribution is -2.52. The molecule has 1 amide bonds. The van der Waals surface area contributed by atoms with Crippen LogP contribution in [0.4, 0.5) is 5.69 Å². The van der Waals surface area contributed by atoms with Crippen LogP contribution >= 0.6 is 11.6 Å². The zero-order valence-corrected chi connectivity index (χ0v) is 29.7. The molecule has 4 aliphatic rings. The van der Waals surface area contributed by atoms with Crippen LogP contribution in [-0.4, -0.2) is 53.9 Å². The van der Waals surface area contributed by atoms with Gasteiger partial charge in [-0.25, -0.2) is 18.1 Å². The highest BCUT2D eigenvalue weighted by Gasteiger charge is 2.50. The van der Waals surface area contributed by atoms with Gasteiger partial charge in [0.25, 0.3) is 5.91 Å². The number of benzene rings is 2. The molecule has 7 rings (SSSR count). The van der Waals surface area contributed by atoms with Gasteiger partial charge in [-0.2, -0.15) is 0 Å². The summed E-state index contributed by atoms with van der Waals surface area (Å²) in [5, 5.41) is 12.5. The maximum atomic E-state index is 13.5. The summed E-state index contributed by atoms with van der Waals surface area (Å²) in [6, 6.07) is 11.4. The molecule has 9 nitrogen and oxygen atoms in total. The second kappa shape index (κ2) is 12.2. The molecular formula is C37H45ClN4O5S. The quantitative estimate of drug-likeness (QED) is 0.310. The molecule has 2 aromatic carbocycles. The van der Waals surface area contributed by atoms with Crippen LogP contribution in [-0.2, 0) is 34.5 Å². The topological polar surface area (TPSA) is 114 Å². The molecule has 0 radical (unpaired) electrons. The first-order valence-electron chi connectivity index (χ1n) is 17.1. The minimum Gasteiger partial charge on any atom is -0.490 e. The number of anilines is 1. The second-order valence-corrected chi connectivity index (χ2v) is 17.1. The molecule has 256 valence electrons. The van der Waals surface area contributed by atoms with E-state index in [9.17, 15) is 18.3 Å². The third-order valence-corrected chi connectivity index (χ3v) is 13.9. The molecule has 3 aromatic rings. The summed E-state index contributed by atoms with van der Waals surface area (Å²) in [5.74, 6) is 0.535. The van der Waals surface area contributed by atoms with E-state index >= 15 is 0 Å². The Kier molecular flexibility index (Phi) is 8.44. The van der Waals surface area contributed by atoms with E-state index in [4.69, 9.17) is 16.3 Å². The molecule has 48 heavy (non-hydrogen) atoms. The largest absolute Gasteiger partial charge is 0.490 e. The number of imidazole rings is 1. The fourth-order valence-corrected chi connectivity index (χ4v) is 9.90. The average Bonchev–Trinajstić information content (AvgIpc) is 3.29. The molecule has 0 unspecified atom stereocenters. The number of aliphatic hydroxyl groups is 1. The average molecular weight is 693 g/mol. The standard InChI is InChI=1S/C37H45ClN4O5S/c1-23-7-5-16-37(44,34-19-39-25(3)41(34)4)31-12-9-28(31)20-42-21-36(15-6-8-26-17-29(38)11-13-30(26)36)22-47-33-14-10-27(18-32(33)42)35(43)40-48(45,46)24(23)2/h5,10-11,13-14,16-19,23-24,28,31,44H,6-9,12,15,20-22H2,1-4H3,(H,40,43)/b16-5-/t23-,24+,28-,31+,36-,37+/m0/s1. The summed E-state index contributed by atoms with van der Waals surface area (Å²) in [6.07, 6.45) is 10.6. The summed E-state index contributed by atoms with van der Waals surface area (Å²) in [5.41, 5.74) is 2.60. The Labute approximate surface area is 288 Å². The Morgan fingerprint density at radius 3 is 2.69 bits per heavy atom. The third-order valence-electron chi connectivity index (χ3n) is 11.8. The van der Waals surface area contributed by atoms with Gasteiger partial charge in [0.15, 0.2) is 0 Å². The Balaban J connectivity index is 1.36. The van der Waals surface area contributed by atoms with Crippen LogP contribution in [0.3, 0.4) is 0 Å². The van der Waals surface area contributed by atoms with Crippen LogP contribution in [0.15, 0.2) is 54.7 Å². The van der Waals surface area contributed by atoms with Crippen LogP contribution in [0.5, 0.6) is 5.75 Å². The number of ether oxygens (including phenoxy) is 1. The number of hydrogen-bond acceptors (Lipinski definition) is 7. The molecule has 1 aromatic heterocycles. The van der Waals surface area contributed by atoms with Crippen LogP contribution in [0.1, 0.15) is 79.0 Å². The zero-order valence-electron chi connectivity index (χ0n) is 28.1. The molecule has 11 heteroatoms. The van der Waals surface area contributed by atoms with Crippen molar-refractivity contribution in [2.75, 3.05) is 24.6 Å². The summed E-state index contributed by atoms with van der Waals surface area (Å²) >= 11 is 6.45. The van der Waals surface area contributed by atoms with Crippen molar-refractivity contribution < 1.29 is 23.1 Å². The number of allylic oxidation sites excluding steroid dienone is 1. The maximum Gasteiger partial charge on any atom is 0.264 e. The fourth-order valence-electron chi connectivity index (χ4n) is 8.42. The van der Waals surface area contributed by atoms with Gasteiger partial charge in [-0.15, -0.1) is 0 Å². The highest BCUT2D eigenvalue weighted by Crippen LogP contribution is 2.51. The number of nitrogens with one attached hydrogen (secondary N) is 1. The SMILES string of the molecule is Cc1ncc([C@@]2(O)/C=C\C[C@H](C)[C@@H](C)S(=O)(=O)NC(=O)c3ccc4c(c3)N(C[C@@H]3CC[C@H]32)C[C@@]2(CCCc3cc(Cl)ccc32)CO4)n1C. The van der Waals surface area contributed by atoms with Crippen molar-refractivity contribution in [3.63, 3.8) is 0 Å². The number of fused-ring (bicyclic) bond motifs is 4. The van der Waals surface area contributed by atoms with E-state index in [2.05, 4.69) is 26.7 Å². The normalized spacial score (nSPS) is 32.2. The summed E-state index contributed by atoms with van der Waals surface area (Å²) in [7, 11) is -2.07. The van der Waals surface area contributed by atoms with E-state index < -0.39 is 26.8 Å². The highest BCUT2D eigenvalue weighted by molar-refractivity contribution is 7.90. The van der Waals surface area contributed by atoms with Crippen LogP contribution in [0.2, 0.25) is 5.02 Å². The number of carbonyl (C=O) groups excluding carboxylic acids is 1. The van der Waals surface area contributed by atoms with Gasteiger partial charge < -0.3 is 19.3 Å². The van der Waals surface area contributed by atoms with Gasteiger partial charge in [0, 0.05) is 42.1 Å². The molecule has 1 fully saturated rings. The molecule has 2 aliphatic carbocycles. The number of nitrogens with zero attached hydrogens (tertiary/aromatic N) is 3. The number of amides is 1. The molecule has 2 aliphatic heterocycles. The molecule has 0 saturated heterocycles. The summed E-state index contributed by atoms with van der Waals surface area (Å²) in [6.45, 7) is 7.15. The van der Waals surface area contributed by atoms with Crippen LogP contribution in [0, 0.1) is 24.7 Å². The summed E-state index contributed by atoms with van der Waals surface area (Å²) < 4.78 is 37.8. The molecule has 3 heterocycles. The van der Waals surface area contributed by atoms with E-state index in [0.29, 0.717) is 31.9 Å². The number of aryl methyl sites for hydroxylation is 2. The number of sulfonamides is 1. The van der Waals surface area contributed by atoms with Crippen molar-refractivity contribution in [1.82, 2.24) is 14.3 Å². The molecule has 2 bridgehead atoms. The third kappa shape index (κ3) is 5.63. The number of carbonyl (C=O) groups is 1. The predicted molar refractivity (Wildman–Crippen MR) is 187 cm³/mol. The van der Waals surface area contributed by atoms with Crippen molar-refractivity contribution in [3.8, 4) is 5.75 Å². The van der Waals surface area contributed by atoms with Crippen molar-refractivity contribution >= 4 is 33.2 Å². The zero-order chi connectivity index (χ0) is 34.0. The fraction of sp³-hybridized carbons (Fsp3) is 0.514. The lowest BCUT2D eigenvalue weighted by Gasteiger charge is -2.49. The van der Waals surface area contributed by atoms with Gasteiger partial charge in [0.05, 0.1) is 29.4 Å². The maximum absolute atomic E-state index is 13.5. The number of aromatic nitrogens is 2. The van der Waals surface area contributed by atoms with E-state index in [1.165, 1.54) is 11.1 Å². The number of halogens is 1. The van der Waals surface area contributed by atoms with Gasteiger partial charge in [-0.3, -0.25) is 4.79 Å². The predicted octanol–water partition coefficient (Wildman–Crippen LogP) is 5.81. The van der Waals surface area contributed by atoms with E-state index in [0.717, 1.165) is 54.3 Å². The van der Waals surface area contributed by atoms with E-state index in [-0.39, 0.29) is 28.7 Å². The van der Waals surface area contributed by atoms with E-state index in [1.807, 2.05) is 43.7 Å². The van der Waals surface area contributed by atoms with Gasteiger partial charge >= 0.3 is 0 Å². The van der Waals surface area contributed by atoms with E-state index in [1.54, 1.807) is 31.3 Å². The molecule has 6 atom stereocenters. The molecule has 1 saturated carbocycles. The Morgan fingerprint density at radius 2 is 1.96 bits per heavy atom. The van der Waals surface area contributed by atoms with Crippen molar-refractivity contribution in [3.05, 3.63) is 88.0 Å². The van der Waals surface area contributed by atoms with Gasteiger partial charge in [0.1, 0.15) is 17.2 Å². The monoisotopic (exact) mass is 692 g/mol. The van der Waals surface area contributed by atoms with Crippen molar-refractivity contribution in [2.24, 2.45) is 24.8 Å². The summed E-state index contributed by atoms with van der Waals surface area (Å²) in [4.78, 5) is 20.4. The Hall–Kier alpha value is -3.34. The number of rotatable bonds is 1. The van der Waals surface area contributed by atoms with Gasteiger partial charge in [-0.05, 0) is 106 Å². The van der Waals surface area contributed by atoms with Crippen molar-refractivity contribution in [2.45, 2.75) is 75.6 Å². The van der Waals surface area contributed by atoms with Crippen LogP contribution in [0.25, 0.3) is 0 Å². The first-order chi connectivity index (χ1) is 22.8. The number of hydrogen-bond donors (Lipinski definition) is 2. The van der Waals surface area contributed by atoms with Crippen molar-refractivity contribution in [1.29, 1.82) is 0 Å². The Morgan fingerprint density at radius 1 is 1.15 bits per heavy atom. The first-order valence-corrected chi connectivity index (χ1v) is 19.0. The molecular weight excluding hydrogens is 648 g/mol. The Bertz CT molecular complexity index is 1890. The highest BCUT2D eigenvalue weighted by atomic mass is 35.5. The first kappa shape index (κ1) is 33.2. The molecule has 2 N–H and O–H groups in total. The second-order valence-electron chi connectivity index (χ2n) is 14.6. The smallest absolute Gasteiger partial charge is 0.264 e. The van der Waals surface area contributed by atoms with Gasteiger partial charge in [0.2, 0.25) is 10.0 Å². The van der Waals surface area contributed by atoms with Crippen LogP contribution < -0.4 is 14.4 Å².